The zero-order valence-corrected chi connectivity index (χ0v) is 14.7. The van der Waals surface area contributed by atoms with E-state index in [0.29, 0.717) is 43.1 Å². The number of aromatic nitrogens is 2. The molecular formula is C20H19FN4O2. The fourth-order valence-electron chi connectivity index (χ4n) is 3.06. The van der Waals surface area contributed by atoms with Gasteiger partial charge in [0.05, 0.1) is 36.1 Å². The summed E-state index contributed by atoms with van der Waals surface area (Å²) >= 11 is 0. The van der Waals surface area contributed by atoms with E-state index in [-0.39, 0.29) is 24.0 Å². The van der Waals surface area contributed by atoms with Gasteiger partial charge in [-0.05, 0) is 29.8 Å². The monoisotopic (exact) mass is 366 g/mol. The van der Waals surface area contributed by atoms with Crippen molar-refractivity contribution in [2.24, 2.45) is 0 Å². The maximum atomic E-state index is 14.4. The second-order valence-corrected chi connectivity index (χ2v) is 6.31. The molecule has 0 spiro atoms. The topological polar surface area (TPSA) is 67.4 Å². The predicted molar refractivity (Wildman–Crippen MR) is 100 cm³/mol. The van der Waals surface area contributed by atoms with E-state index in [2.05, 4.69) is 15.3 Å². The smallest absolute Gasteiger partial charge is 0.271 e. The Morgan fingerprint density at radius 2 is 1.93 bits per heavy atom. The van der Waals surface area contributed by atoms with Crippen LogP contribution in [0.15, 0.2) is 48.7 Å². The lowest BCUT2D eigenvalue weighted by atomic mass is 10.1. The van der Waals surface area contributed by atoms with E-state index in [9.17, 15) is 9.18 Å². The average molecular weight is 366 g/mol. The number of rotatable bonds is 4. The van der Waals surface area contributed by atoms with Crippen LogP contribution < -0.4 is 10.2 Å². The number of carbonyl (C=O) groups is 1. The maximum absolute atomic E-state index is 14.4. The van der Waals surface area contributed by atoms with Crippen LogP contribution in [0.25, 0.3) is 11.0 Å². The van der Waals surface area contributed by atoms with Gasteiger partial charge in [-0.3, -0.25) is 9.78 Å². The number of anilines is 1. The molecule has 0 atom stereocenters. The fourth-order valence-corrected chi connectivity index (χ4v) is 3.06. The second kappa shape index (κ2) is 7.67. The van der Waals surface area contributed by atoms with E-state index >= 15 is 0 Å². The highest BCUT2D eigenvalue weighted by Gasteiger charge is 2.16. The summed E-state index contributed by atoms with van der Waals surface area (Å²) in [4.78, 5) is 22.8. The third-order valence-electron chi connectivity index (χ3n) is 4.50. The average Bonchev–Trinajstić information content (AvgIpc) is 2.72. The van der Waals surface area contributed by atoms with Crippen LogP contribution in [0.1, 0.15) is 16.1 Å². The molecule has 0 radical (unpaired) electrons. The predicted octanol–water partition coefficient (Wildman–Crippen LogP) is 2.54. The van der Waals surface area contributed by atoms with Gasteiger partial charge in [0.15, 0.2) is 0 Å². The van der Waals surface area contributed by atoms with E-state index in [1.807, 2.05) is 29.2 Å². The van der Waals surface area contributed by atoms with Crippen molar-refractivity contribution in [3.05, 3.63) is 65.7 Å². The van der Waals surface area contributed by atoms with Crippen LogP contribution in [0.5, 0.6) is 0 Å². The van der Waals surface area contributed by atoms with Crippen molar-refractivity contribution in [1.82, 2.24) is 15.3 Å². The number of nitrogens with zero attached hydrogens (tertiary/aromatic N) is 3. The lowest BCUT2D eigenvalue weighted by Crippen LogP contribution is -2.36. The molecule has 1 aliphatic heterocycles. The van der Waals surface area contributed by atoms with Gasteiger partial charge >= 0.3 is 0 Å². The number of nitrogens with one attached hydrogen (secondary N) is 1. The summed E-state index contributed by atoms with van der Waals surface area (Å²) < 4.78 is 19.7. The summed E-state index contributed by atoms with van der Waals surface area (Å²) in [5.41, 5.74) is 2.88. The zero-order chi connectivity index (χ0) is 18.6. The molecule has 2 aromatic carbocycles. The number of fused-ring (bicyclic) bond motifs is 1. The number of amides is 1. The van der Waals surface area contributed by atoms with Gasteiger partial charge in [-0.15, -0.1) is 0 Å². The number of hydrogen-bond acceptors (Lipinski definition) is 5. The Balaban J connectivity index is 1.42. The van der Waals surface area contributed by atoms with E-state index in [0.717, 1.165) is 5.52 Å². The molecule has 27 heavy (non-hydrogen) atoms. The van der Waals surface area contributed by atoms with Gasteiger partial charge < -0.3 is 15.0 Å². The highest BCUT2D eigenvalue weighted by atomic mass is 19.1. The molecule has 0 saturated carbocycles. The Bertz CT molecular complexity index is 973. The highest BCUT2D eigenvalue weighted by molar-refractivity contribution is 5.93. The van der Waals surface area contributed by atoms with Crippen molar-refractivity contribution in [1.29, 1.82) is 0 Å². The standard InChI is InChI=1S/C20H19FN4O2/c21-15-11-14(5-6-19(15)25-7-9-27-10-8-25)12-23-20(26)18-13-22-16-3-1-2-4-17(16)24-18/h1-6,11,13H,7-10,12H2,(H,23,26). The normalized spacial score (nSPS) is 14.3. The minimum absolute atomic E-state index is 0.216. The lowest BCUT2D eigenvalue weighted by molar-refractivity contribution is 0.0946. The first kappa shape index (κ1) is 17.4. The third-order valence-corrected chi connectivity index (χ3v) is 4.50. The zero-order valence-electron chi connectivity index (χ0n) is 14.7. The van der Waals surface area contributed by atoms with Crippen molar-refractivity contribution in [2.75, 3.05) is 31.2 Å². The molecule has 1 saturated heterocycles. The molecule has 3 aromatic rings. The summed E-state index contributed by atoms with van der Waals surface area (Å²) in [5, 5.41) is 2.76. The SMILES string of the molecule is O=C(NCc1ccc(N2CCOCC2)c(F)c1)c1cnc2ccccc2n1. The molecule has 2 heterocycles. The van der Waals surface area contributed by atoms with Gasteiger partial charge in [-0.1, -0.05) is 18.2 Å². The van der Waals surface area contributed by atoms with Crippen molar-refractivity contribution >= 4 is 22.6 Å². The molecule has 1 aromatic heterocycles. The summed E-state index contributed by atoms with van der Waals surface area (Å²) in [6.07, 6.45) is 1.44. The van der Waals surface area contributed by atoms with Crippen LogP contribution in [0, 0.1) is 5.82 Å². The first-order valence-corrected chi connectivity index (χ1v) is 8.82. The number of hydrogen-bond donors (Lipinski definition) is 1. The number of benzene rings is 2. The molecule has 1 fully saturated rings. The molecule has 0 aliphatic carbocycles. The summed E-state index contributed by atoms with van der Waals surface area (Å²) in [7, 11) is 0. The van der Waals surface area contributed by atoms with Crippen LogP contribution in [0.3, 0.4) is 0 Å². The van der Waals surface area contributed by atoms with Crippen molar-refractivity contribution < 1.29 is 13.9 Å². The number of para-hydroxylation sites is 2. The van der Waals surface area contributed by atoms with Crippen LogP contribution >= 0.6 is 0 Å². The molecule has 138 valence electrons. The van der Waals surface area contributed by atoms with E-state index in [4.69, 9.17) is 4.74 Å². The van der Waals surface area contributed by atoms with Gasteiger partial charge in [-0.2, -0.15) is 0 Å². The first-order chi connectivity index (χ1) is 13.2. The first-order valence-electron chi connectivity index (χ1n) is 8.82. The Morgan fingerprint density at radius 3 is 2.70 bits per heavy atom. The fraction of sp³-hybridized carbons (Fsp3) is 0.250. The second-order valence-electron chi connectivity index (χ2n) is 6.31. The Morgan fingerprint density at radius 1 is 1.15 bits per heavy atom. The molecule has 7 heteroatoms. The van der Waals surface area contributed by atoms with Crippen molar-refractivity contribution in [2.45, 2.75) is 6.54 Å². The van der Waals surface area contributed by atoms with Crippen LogP contribution in [-0.4, -0.2) is 42.2 Å². The quantitative estimate of drug-likeness (QED) is 0.769. The largest absolute Gasteiger partial charge is 0.378 e. The van der Waals surface area contributed by atoms with Gasteiger partial charge in [0.2, 0.25) is 0 Å². The molecule has 1 aliphatic rings. The van der Waals surface area contributed by atoms with Crippen LogP contribution in [0.4, 0.5) is 10.1 Å². The lowest BCUT2D eigenvalue weighted by Gasteiger charge is -2.29. The van der Waals surface area contributed by atoms with Crippen LogP contribution in [0.2, 0.25) is 0 Å². The van der Waals surface area contributed by atoms with E-state index in [1.54, 1.807) is 12.1 Å². The Kier molecular flexibility index (Phi) is 4.93. The molecule has 6 nitrogen and oxygen atoms in total. The van der Waals surface area contributed by atoms with Crippen LogP contribution in [-0.2, 0) is 11.3 Å². The van der Waals surface area contributed by atoms with Gasteiger partial charge in [0.25, 0.3) is 5.91 Å². The third kappa shape index (κ3) is 3.88. The minimum atomic E-state index is -0.342. The maximum Gasteiger partial charge on any atom is 0.271 e. The van der Waals surface area contributed by atoms with Crippen molar-refractivity contribution in [3.8, 4) is 0 Å². The summed E-state index contributed by atoms with van der Waals surface area (Å²) in [5.74, 6) is -0.639. The highest BCUT2D eigenvalue weighted by Crippen LogP contribution is 2.21. The minimum Gasteiger partial charge on any atom is -0.378 e. The summed E-state index contributed by atoms with van der Waals surface area (Å²) in [6, 6.07) is 12.4. The molecule has 0 unspecified atom stereocenters. The molecule has 1 N–H and O–H groups in total. The van der Waals surface area contributed by atoms with E-state index in [1.165, 1.54) is 12.3 Å². The number of ether oxygens (including phenoxy) is 1. The Labute approximate surface area is 156 Å². The number of carbonyl (C=O) groups excluding carboxylic acids is 1. The van der Waals surface area contributed by atoms with Crippen molar-refractivity contribution in [3.63, 3.8) is 0 Å². The number of halogens is 1. The van der Waals surface area contributed by atoms with Gasteiger partial charge in [-0.25, -0.2) is 9.37 Å². The Hall–Kier alpha value is -3.06. The molecule has 1 amide bonds. The van der Waals surface area contributed by atoms with Gasteiger partial charge in [0.1, 0.15) is 11.5 Å². The summed E-state index contributed by atoms with van der Waals surface area (Å²) in [6.45, 7) is 2.77. The molecule has 0 bridgehead atoms. The molecular weight excluding hydrogens is 347 g/mol. The number of morpholine rings is 1. The van der Waals surface area contributed by atoms with E-state index < -0.39 is 0 Å². The molecule has 4 rings (SSSR count). The van der Waals surface area contributed by atoms with Gasteiger partial charge in [0, 0.05) is 19.6 Å².